The van der Waals surface area contributed by atoms with Crippen molar-refractivity contribution in [3.05, 3.63) is 63.9 Å². The van der Waals surface area contributed by atoms with Crippen molar-refractivity contribution in [1.82, 2.24) is 4.90 Å². The van der Waals surface area contributed by atoms with Gasteiger partial charge in [0.15, 0.2) is 0 Å². The van der Waals surface area contributed by atoms with Gasteiger partial charge in [0.1, 0.15) is 21.7 Å². The summed E-state index contributed by atoms with van der Waals surface area (Å²) >= 11 is 3.11. The van der Waals surface area contributed by atoms with Crippen LogP contribution in [-0.2, 0) is 14.6 Å². The molecule has 152 valence electrons. The van der Waals surface area contributed by atoms with E-state index in [9.17, 15) is 27.2 Å². The lowest BCUT2D eigenvalue weighted by molar-refractivity contribution is -0.120. The van der Waals surface area contributed by atoms with Crippen molar-refractivity contribution in [3.63, 3.8) is 0 Å². The summed E-state index contributed by atoms with van der Waals surface area (Å²) in [6.45, 7) is 0. The molecule has 3 amide bonds. The predicted molar refractivity (Wildman–Crippen MR) is 108 cm³/mol. The van der Waals surface area contributed by atoms with Gasteiger partial charge in [-0.25, -0.2) is 12.8 Å². The van der Waals surface area contributed by atoms with Crippen molar-refractivity contribution in [3.8, 4) is 0 Å². The molecule has 1 heterocycles. The van der Waals surface area contributed by atoms with Gasteiger partial charge in [-0.05, 0) is 36.8 Å². The van der Waals surface area contributed by atoms with Gasteiger partial charge in [-0.15, -0.1) is 0 Å². The van der Waals surface area contributed by atoms with Gasteiger partial charge in [0, 0.05) is 10.7 Å². The quantitative estimate of drug-likeness (QED) is 0.637. The molecule has 0 bridgehead atoms. The number of halogens is 2. The highest BCUT2D eigenvalue weighted by atomic mass is 79.9. The number of carbonyl (C=O) groups is 3. The van der Waals surface area contributed by atoms with Crippen LogP contribution in [0.25, 0.3) is 0 Å². The Kier molecular flexibility index (Phi) is 5.85. The fourth-order valence-electron chi connectivity index (χ4n) is 3.00. The number of hydrogen-bond acceptors (Lipinski definition) is 5. The maximum Gasteiger partial charge on any atom is 0.262 e. The zero-order valence-corrected chi connectivity index (χ0v) is 17.6. The molecule has 0 fully saturated rings. The second-order valence-electron chi connectivity index (χ2n) is 6.57. The minimum atomic E-state index is -3.48. The third kappa shape index (κ3) is 4.54. The zero-order chi connectivity index (χ0) is 21.3. The Morgan fingerprint density at radius 3 is 2.24 bits per heavy atom. The van der Waals surface area contributed by atoms with Gasteiger partial charge in [-0.2, -0.15) is 0 Å². The van der Waals surface area contributed by atoms with E-state index in [-0.39, 0.29) is 23.2 Å². The summed E-state index contributed by atoms with van der Waals surface area (Å²) in [5, 5.41) is 2.34. The van der Waals surface area contributed by atoms with Gasteiger partial charge in [0.05, 0.1) is 22.6 Å². The summed E-state index contributed by atoms with van der Waals surface area (Å²) < 4.78 is 37.8. The highest BCUT2D eigenvalue weighted by molar-refractivity contribution is 9.10. The summed E-state index contributed by atoms with van der Waals surface area (Å²) in [7, 11) is -3.48. The van der Waals surface area contributed by atoms with E-state index in [4.69, 9.17) is 0 Å². The average Bonchev–Trinajstić information content (AvgIpc) is 2.89. The normalized spacial score (nSPS) is 14.7. The summed E-state index contributed by atoms with van der Waals surface area (Å²) in [5.74, 6) is -3.41. The largest absolute Gasteiger partial charge is 0.322 e. The van der Waals surface area contributed by atoms with Crippen molar-refractivity contribution in [2.45, 2.75) is 12.5 Å². The molecule has 0 radical (unpaired) electrons. The molecule has 0 saturated heterocycles. The number of sulfone groups is 1. The van der Waals surface area contributed by atoms with Gasteiger partial charge in [0.2, 0.25) is 5.91 Å². The second kappa shape index (κ2) is 8.03. The van der Waals surface area contributed by atoms with Crippen molar-refractivity contribution in [2.75, 3.05) is 17.3 Å². The van der Waals surface area contributed by atoms with E-state index in [0.29, 0.717) is 4.47 Å². The van der Waals surface area contributed by atoms with E-state index in [1.807, 2.05) is 0 Å². The minimum Gasteiger partial charge on any atom is -0.322 e. The van der Waals surface area contributed by atoms with E-state index in [0.717, 1.165) is 17.2 Å². The molecule has 1 atom stereocenters. The molecule has 3 rings (SSSR count). The van der Waals surface area contributed by atoms with Crippen LogP contribution in [-0.4, -0.2) is 49.1 Å². The molecule has 2 aromatic rings. The van der Waals surface area contributed by atoms with Crippen LogP contribution in [0.1, 0.15) is 27.1 Å². The fraction of sp³-hybridized carbons (Fsp3) is 0.211. The topological polar surface area (TPSA) is 101 Å². The molecule has 1 aliphatic rings. The van der Waals surface area contributed by atoms with E-state index in [1.165, 1.54) is 24.3 Å². The van der Waals surface area contributed by atoms with Crippen LogP contribution >= 0.6 is 15.9 Å². The number of imide groups is 1. The molecule has 0 saturated carbocycles. The maximum absolute atomic E-state index is 14.1. The number of nitrogens with one attached hydrogen (secondary N) is 1. The zero-order valence-electron chi connectivity index (χ0n) is 15.2. The Bertz CT molecular complexity index is 1080. The van der Waals surface area contributed by atoms with Crippen molar-refractivity contribution in [1.29, 1.82) is 0 Å². The average molecular weight is 483 g/mol. The number of fused-ring (bicyclic) bond motifs is 1. The number of benzene rings is 2. The molecule has 1 aliphatic heterocycles. The highest BCUT2D eigenvalue weighted by Crippen LogP contribution is 2.27. The summed E-state index contributed by atoms with van der Waals surface area (Å²) in [5.41, 5.74) is 0.105. The molecule has 10 heteroatoms. The Hall–Kier alpha value is -2.59. The van der Waals surface area contributed by atoms with Gasteiger partial charge in [0.25, 0.3) is 11.8 Å². The van der Waals surface area contributed by atoms with Crippen molar-refractivity contribution >= 4 is 49.2 Å². The van der Waals surface area contributed by atoms with Crippen LogP contribution in [0.3, 0.4) is 0 Å². The molecule has 1 N–H and O–H groups in total. The number of anilines is 1. The van der Waals surface area contributed by atoms with Crippen LogP contribution in [0.15, 0.2) is 46.9 Å². The first-order valence-electron chi connectivity index (χ1n) is 8.49. The number of carbonyl (C=O) groups excluding carboxylic acids is 3. The van der Waals surface area contributed by atoms with Gasteiger partial charge >= 0.3 is 0 Å². The predicted octanol–water partition coefficient (Wildman–Crippen LogP) is 2.63. The summed E-state index contributed by atoms with van der Waals surface area (Å²) in [6.07, 6.45) is 0.674. The van der Waals surface area contributed by atoms with Crippen LogP contribution in [0, 0.1) is 5.82 Å². The number of nitrogens with zero attached hydrogens (tertiary/aromatic N) is 1. The molecule has 2 aromatic carbocycles. The minimum absolute atomic E-state index is 0.129. The van der Waals surface area contributed by atoms with Crippen LogP contribution < -0.4 is 5.32 Å². The first-order chi connectivity index (χ1) is 13.6. The van der Waals surface area contributed by atoms with Crippen LogP contribution in [0.2, 0.25) is 0 Å². The monoisotopic (exact) mass is 482 g/mol. The fourth-order valence-corrected chi connectivity index (χ4v) is 3.99. The number of hydrogen-bond donors (Lipinski definition) is 1. The smallest absolute Gasteiger partial charge is 0.262 e. The summed E-state index contributed by atoms with van der Waals surface area (Å²) in [6, 6.07) is 8.61. The van der Waals surface area contributed by atoms with Crippen LogP contribution in [0.4, 0.5) is 10.1 Å². The molecule has 0 aromatic heterocycles. The third-order valence-corrected chi connectivity index (χ3v) is 5.86. The van der Waals surface area contributed by atoms with Crippen molar-refractivity contribution < 1.29 is 27.2 Å². The molecule has 0 unspecified atom stereocenters. The molecule has 29 heavy (non-hydrogen) atoms. The molecule has 0 spiro atoms. The molecular formula is C19H16BrFN2O5S. The van der Waals surface area contributed by atoms with Gasteiger partial charge in [-0.1, -0.05) is 28.1 Å². The Morgan fingerprint density at radius 2 is 1.72 bits per heavy atom. The van der Waals surface area contributed by atoms with Gasteiger partial charge < -0.3 is 5.32 Å². The van der Waals surface area contributed by atoms with Crippen LogP contribution in [0.5, 0.6) is 0 Å². The first-order valence-corrected chi connectivity index (χ1v) is 11.3. The van der Waals surface area contributed by atoms with E-state index in [1.54, 1.807) is 12.1 Å². The van der Waals surface area contributed by atoms with E-state index < -0.39 is 45.2 Å². The standard InChI is InChI=1S/C19H16BrFN2O5S/c1-29(27,28)9-8-16(17(24)22-15-7-6-11(20)10-14(15)21)23-18(25)12-4-2-3-5-13(12)19(23)26/h2-7,10,16H,8-9H2,1H3,(H,22,24)/t16-/m1/s1. The highest BCUT2D eigenvalue weighted by Gasteiger charge is 2.42. The third-order valence-electron chi connectivity index (χ3n) is 4.39. The lowest BCUT2D eigenvalue weighted by atomic mass is 10.1. The SMILES string of the molecule is CS(=O)(=O)CC[C@H](C(=O)Nc1ccc(Br)cc1F)N1C(=O)c2ccccc2C1=O. The van der Waals surface area contributed by atoms with Gasteiger partial charge in [-0.3, -0.25) is 19.3 Å². The number of rotatable bonds is 6. The lowest BCUT2D eigenvalue weighted by Crippen LogP contribution is -2.48. The maximum atomic E-state index is 14.1. The second-order valence-corrected chi connectivity index (χ2v) is 9.75. The van der Waals surface area contributed by atoms with E-state index in [2.05, 4.69) is 21.2 Å². The summed E-state index contributed by atoms with van der Waals surface area (Å²) in [4.78, 5) is 39.1. The van der Waals surface area contributed by atoms with Crippen molar-refractivity contribution in [2.24, 2.45) is 0 Å². The molecule has 7 nitrogen and oxygen atoms in total. The molecule has 0 aliphatic carbocycles. The Balaban J connectivity index is 1.93. The first kappa shape index (κ1) is 21.1. The number of amides is 3. The molecular weight excluding hydrogens is 467 g/mol. The van der Waals surface area contributed by atoms with E-state index >= 15 is 0 Å². The Morgan fingerprint density at radius 1 is 1.14 bits per heavy atom. The lowest BCUT2D eigenvalue weighted by Gasteiger charge is -2.25. The Labute approximate surface area is 174 Å².